The van der Waals surface area contributed by atoms with Crippen molar-refractivity contribution in [3.8, 4) is 5.75 Å². The molecule has 0 fully saturated rings. The summed E-state index contributed by atoms with van der Waals surface area (Å²) in [5, 5.41) is 4.21. The number of halogens is 2. The van der Waals surface area contributed by atoms with E-state index in [4.69, 9.17) is 27.9 Å². The van der Waals surface area contributed by atoms with Crippen molar-refractivity contribution in [2.45, 2.75) is 12.8 Å². The second kappa shape index (κ2) is 6.94. The summed E-state index contributed by atoms with van der Waals surface area (Å²) in [4.78, 5) is 0. The number of rotatable bonds is 6. The molecular formula is C11H15Cl2NO. The molecule has 0 radical (unpaired) electrons. The first-order chi connectivity index (χ1) is 7.25. The van der Waals surface area contributed by atoms with Gasteiger partial charge in [0.05, 0.1) is 16.7 Å². The fourth-order valence-corrected chi connectivity index (χ4v) is 1.71. The number of nitrogens with one attached hydrogen (secondary N) is 1. The molecule has 0 aliphatic carbocycles. The smallest absolute Gasteiger partial charge is 0.156 e. The predicted octanol–water partition coefficient (Wildman–Crippen LogP) is 3.37. The van der Waals surface area contributed by atoms with Crippen molar-refractivity contribution in [1.82, 2.24) is 5.32 Å². The van der Waals surface area contributed by atoms with Gasteiger partial charge >= 0.3 is 0 Å². The Morgan fingerprint density at radius 1 is 1.20 bits per heavy atom. The van der Waals surface area contributed by atoms with Gasteiger partial charge in [-0.3, -0.25) is 0 Å². The van der Waals surface area contributed by atoms with Crippen LogP contribution in [0.4, 0.5) is 0 Å². The molecule has 0 spiro atoms. The molecule has 1 aromatic carbocycles. The number of hydrogen-bond acceptors (Lipinski definition) is 2. The monoisotopic (exact) mass is 247 g/mol. The van der Waals surface area contributed by atoms with Crippen molar-refractivity contribution in [1.29, 1.82) is 0 Å². The number of para-hydroxylation sites is 1. The van der Waals surface area contributed by atoms with Gasteiger partial charge in [0.25, 0.3) is 0 Å². The maximum absolute atomic E-state index is 5.95. The van der Waals surface area contributed by atoms with Crippen LogP contribution in [0.2, 0.25) is 10.0 Å². The summed E-state index contributed by atoms with van der Waals surface area (Å²) in [6.07, 6.45) is 2.07. The Kier molecular flexibility index (Phi) is 5.84. The molecule has 1 N–H and O–H groups in total. The zero-order chi connectivity index (χ0) is 11.1. The Bertz CT molecular complexity index is 284. The molecule has 0 saturated carbocycles. The molecule has 2 nitrogen and oxygen atoms in total. The largest absolute Gasteiger partial charge is 0.490 e. The molecule has 15 heavy (non-hydrogen) atoms. The fraction of sp³-hybridized carbons (Fsp3) is 0.455. The van der Waals surface area contributed by atoms with Crippen molar-refractivity contribution in [2.24, 2.45) is 0 Å². The standard InChI is InChI=1S/C11H15Cl2NO/c1-14-7-2-3-8-15-11-9(12)5-4-6-10(11)13/h4-6,14H,2-3,7-8H2,1H3. The van der Waals surface area contributed by atoms with Crippen LogP contribution in [0, 0.1) is 0 Å². The molecule has 0 atom stereocenters. The van der Waals surface area contributed by atoms with Crippen molar-refractivity contribution < 1.29 is 4.74 Å². The number of ether oxygens (including phenoxy) is 1. The summed E-state index contributed by atoms with van der Waals surface area (Å²) < 4.78 is 5.52. The maximum Gasteiger partial charge on any atom is 0.156 e. The van der Waals surface area contributed by atoms with Gasteiger partial charge in [-0.1, -0.05) is 29.3 Å². The molecule has 1 rings (SSSR count). The molecule has 84 valence electrons. The van der Waals surface area contributed by atoms with E-state index in [9.17, 15) is 0 Å². The van der Waals surface area contributed by atoms with Gasteiger partial charge < -0.3 is 10.1 Å². The molecular weight excluding hydrogens is 233 g/mol. The Balaban J connectivity index is 2.37. The van der Waals surface area contributed by atoms with Crippen molar-refractivity contribution in [2.75, 3.05) is 20.2 Å². The van der Waals surface area contributed by atoms with Crippen LogP contribution in [-0.4, -0.2) is 20.2 Å². The third kappa shape index (κ3) is 4.29. The van der Waals surface area contributed by atoms with Gasteiger partial charge in [0, 0.05) is 0 Å². The first-order valence-electron chi connectivity index (χ1n) is 4.97. The van der Waals surface area contributed by atoms with Gasteiger partial charge in [-0.25, -0.2) is 0 Å². The Labute approximate surface area is 101 Å². The van der Waals surface area contributed by atoms with Crippen LogP contribution < -0.4 is 10.1 Å². The lowest BCUT2D eigenvalue weighted by Gasteiger charge is -2.09. The van der Waals surface area contributed by atoms with E-state index in [0.29, 0.717) is 22.4 Å². The molecule has 0 bridgehead atoms. The second-order valence-electron chi connectivity index (χ2n) is 3.21. The van der Waals surface area contributed by atoms with Gasteiger partial charge in [0.2, 0.25) is 0 Å². The summed E-state index contributed by atoms with van der Waals surface area (Å²) in [5.41, 5.74) is 0. The van der Waals surface area contributed by atoms with Crippen molar-refractivity contribution >= 4 is 23.2 Å². The highest BCUT2D eigenvalue weighted by Crippen LogP contribution is 2.32. The van der Waals surface area contributed by atoms with Crippen LogP contribution in [0.1, 0.15) is 12.8 Å². The Hall–Kier alpha value is -0.440. The minimum Gasteiger partial charge on any atom is -0.490 e. The molecule has 0 aromatic heterocycles. The molecule has 4 heteroatoms. The molecule has 0 unspecified atom stereocenters. The topological polar surface area (TPSA) is 21.3 Å². The summed E-state index contributed by atoms with van der Waals surface area (Å²) in [6.45, 7) is 1.64. The number of hydrogen-bond donors (Lipinski definition) is 1. The van der Waals surface area contributed by atoms with E-state index in [2.05, 4.69) is 5.32 Å². The van der Waals surface area contributed by atoms with Gasteiger partial charge in [-0.15, -0.1) is 0 Å². The van der Waals surface area contributed by atoms with Gasteiger partial charge in [0.1, 0.15) is 0 Å². The van der Waals surface area contributed by atoms with Crippen LogP contribution in [-0.2, 0) is 0 Å². The Morgan fingerprint density at radius 2 is 1.87 bits per heavy atom. The summed E-state index contributed by atoms with van der Waals surface area (Å²) in [5.74, 6) is 0.588. The normalized spacial score (nSPS) is 10.3. The highest BCUT2D eigenvalue weighted by Gasteiger charge is 2.05. The van der Waals surface area contributed by atoms with E-state index in [-0.39, 0.29) is 0 Å². The minimum atomic E-state index is 0.566. The molecule has 0 aliphatic heterocycles. The lowest BCUT2D eigenvalue weighted by Crippen LogP contribution is -2.09. The predicted molar refractivity (Wildman–Crippen MR) is 65.1 cm³/mol. The molecule has 0 saturated heterocycles. The SMILES string of the molecule is CNCCCCOc1c(Cl)cccc1Cl. The summed E-state index contributed by atoms with van der Waals surface area (Å²) >= 11 is 11.9. The summed E-state index contributed by atoms with van der Waals surface area (Å²) in [7, 11) is 1.94. The third-order valence-electron chi connectivity index (χ3n) is 1.99. The van der Waals surface area contributed by atoms with E-state index in [1.165, 1.54) is 0 Å². The lowest BCUT2D eigenvalue weighted by molar-refractivity contribution is 0.307. The first-order valence-corrected chi connectivity index (χ1v) is 5.72. The van der Waals surface area contributed by atoms with E-state index in [1.54, 1.807) is 18.2 Å². The molecule has 0 aliphatic rings. The zero-order valence-corrected chi connectivity index (χ0v) is 10.2. The van der Waals surface area contributed by atoms with Crippen LogP contribution in [0.15, 0.2) is 18.2 Å². The average Bonchev–Trinajstić information content (AvgIpc) is 2.21. The minimum absolute atomic E-state index is 0.566. The van der Waals surface area contributed by atoms with E-state index >= 15 is 0 Å². The highest BCUT2D eigenvalue weighted by molar-refractivity contribution is 6.37. The van der Waals surface area contributed by atoms with Crippen LogP contribution >= 0.6 is 23.2 Å². The first kappa shape index (κ1) is 12.6. The average molecular weight is 248 g/mol. The third-order valence-corrected chi connectivity index (χ3v) is 2.58. The van der Waals surface area contributed by atoms with Crippen molar-refractivity contribution in [3.05, 3.63) is 28.2 Å². The van der Waals surface area contributed by atoms with Crippen LogP contribution in [0.5, 0.6) is 5.75 Å². The molecule has 0 heterocycles. The van der Waals surface area contributed by atoms with E-state index in [1.807, 2.05) is 7.05 Å². The van der Waals surface area contributed by atoms with Crippen LogP contribution in [0.25, 0.3) is 0 Å². The molecule has 0 amide bonds. The van der Waals surface area contributed by atoms with Crippen LogP contribution in [0.3, 0.4) is 0 Å². The highest BCUT2D eigenvalue weighted by atomic mass is 35.5. The van der Waals surface area contributed by atoms with Crippen molar-refractivity contribution in [3.63, 3.8) is 0 Å². The van der Waals surface area contributed by atoms with Gasteiger partial charge in [-0.2, -0.15) is 0 Å². The van der Waals surface area contributed by atoms with E-state index in [0.717, 1.165) is 19.4 Å². The maximum atomic E-state index is 5.95. The summed E-state index contributed by atoms with van der Waals surface area (Å²) in [6, 6.07) is 5.35. The lowest BCUT2D eigenvalue weighted by atomic mass is 10.3. The van der Waals surface area contributed by atoms with Gasteiger partial charge in [0.15, 0.2) is 5.75 Å². The fourth-order valence-electron chi connectivity index (χ4n) is 1.20. The zero-order valence-electron chi connectivity index (χ0n) is 8.72. The second-order valence-corrected chi connectivity index (χ2v) is 4.02. The van der Waals surface area contributed by atoms with E-state index < -0.39 is 0 Å². The molecule has 1 aromatic rings. The number of benzene rings is 1. The Morgan fingerprint density at radius 3 is 2.47 bits per heavy atom. The number of unbranched alkanes of at least 4 members (excludes halogenated alkanes) is 1. The quantitative estimate of drug-likeness (QED) is 0.779. The van der Waals surface area contributed by atoms with Gasteiger partial charge in [-0.05, 0) is 38.6 Å².